The highest BCUT2D eigenvalue weighted by Gasteiger charge is 2.24. The molecule has 28 heavy (non-hydrogen) atoms. The average molecular weight is 379 g/mol. The van der Waals surface area contributed by atoms with Gasteiger partial charge in [-0.25, -0.2) is 9.67 Å². The first-order valence-electron chi connectivity index (χ1n) is 10.0. The van der Waals surface area contributed by atoms with Crippen LogP contribution < -0.4 is 4.90 Å². The van der Waals surface area contributed by atoms with Gasteiger partial charge in [0, 0.05) is 24.0 Å². The first-order valence-corrected chi connectivity index (χ1v) is 10.0. The van der Waals surface area contributed by atoms with Gasteiger partial charge >= 0.3 is 0 Å². The van der Waals surface area contributed by atoms with Crippen molar-refractivity contribution in [3.8, 4) is 0 Å². The summed E-state index contributed by atoms with van der Waals surface area (Å²) in [5.74, 6) is 0.217. The maximum atomic E-state index is 13.6. The van der Waals surface area contributed by atoms with Crippen molar-refractivity contribution in [1.29, 1.82) is 0 Å². The Labute approximate surface area is 167 Å². The summed E-state index contributed by atoms with van der Waals surface area (Å²) in [6, 6.07) is 8.32. The molecule has 0 fully saturated rings. The molecular formula is C23H30N4O. The molecule has 0 atom stereocenters. The lowest BCUT2D eigenvalue weighted by Crippen LogP contribution is -2.31. The number of aromatic nitrogens is 3. The Kier molecular flexibility index (Phi) is 5.54. The van der Waals surface area contributed by atoms with Crippen molar-refractivity contribution in [3.63, 3.8) is 0 Å². The van der Waals surface area contributed by atoms with Gasteiger partial charge in [-0.2, -0.15) is 5.10 Å². The van der Waals surface area contributed by atoms with Gasteiger partial charge in [0.15, 0.2) is 5.65 Å². The predicted octanol–water partition coefficient (Wildman–Crippen LogP) is 5.42. The Morgan fingerprint density at radius 3 is 2.43 bits per heavy atom. The second-order valence-electron chi connectivity index (χ2n) is 8.01. The third-order valence-electron chi connectivity index (χ3n) is 5.10. The number of nitrogens with zero attached hydrogens (tertiary/aromatic N) is 4. The molecule has 0 aliphatic carbocycles. The van der Waals surface area contributed by atoms with Crippen LogP contribution in [0.15, 0.2) is 30.5 Å². The molecule has 3 aromatic rings. The molecule has 1 amide bonds. The van der Waals surface area contributed by atoms with Crippen LogP contribution in [0.3, 0.4) is 0 Å². The molecule has 0 N–H and O–H groups in total. The van der Waals surface area contributed by atoms with Gasteiger partial charge in [-0.15, -0.1) is 0 Å². The van der Waals surface area contributed by atoms with Crippen LogP contribution in [0, 0.1) is 13.8 Å². The predicted molar refractivity (Wildman–Crippen MR) is 115 cm³/mol. The zero-order chi connectivity index (χ0) is 20.6. The van der Waals surface area contributed by atoms with E-state index in [2.05, 4.69) is 58.8 Å². The van der Waals surface area contributed by atoms with Crippen LogP contribution in [0.2, 0.25) is 0 Å². The van der Waals surface area contributed by atoms with Gasteiger partial charge in [-0.3, -0.25) is 4.79 Å². The van der Waals surface area contributed by atoms with Crippen LogP contribution in [-0.2, 0) is 0 Å². The van der Waals surface area contributed by atoms with Crippen LogP contribution in [0.25, 0.3) is 11.0 Å². The third-order valence-corrected chi connectivity index (χ3v) is 5.10. The molecule has 1 aromatic carbocycles. The van der Waals surface area contributed by atoms with Gasteiger partial charge in [-0.05, 0) is 58.2 Å². The highest BCUT2D eigenvalue weighted by molar-refractivity contribution is 6.13. The standard InChI is InChI=1S/C23H30N4O/c1-8-26(21-10-9-16(6)11-17(21)7)23(28)18-12-20(14(2)3)25-22-19(18)13-24-27(22)15(4)5/h9-15H,8H2,1-7H3. The highest BCUT2D eigenvalue weighted by Crippen LogP contribution is 2.28. The Morgan fingerprint density at radius 1 is 1.14 bits per heavy atom. The number of pyridine rings is 1. The smallest absolute Gasteiger partial charge is 0.259 e. The quantitative estimate of drug-likeness (QED) is 0.596. The lowest BCUT2D eigenvalue weighted by Gasteiger charge is -2.24. The monoisotopic (exact) mass is 378 g/mol. The summed E-state index contributed by atoms with van der Waals surface area (Å²) in [4.78, 5) is 20.3. The van der Waals surface area contributed by atoms with Gasteiger partial charge in [0.2, 0.25) is 0 Å². The van der Waals surface area contributed by atoms with E-state index in [1.165, 1.54) is 5.56 Å². The number of amides is 1. The molecule has 2 aromatic heterocycles. The molecule has 0 radical (unpaired) electrons. The average Bonchev–Trinajstić information content (AvgIpc) is 3.07. The van der Waals surface area contributed by atoms with E-state index in [9.17, 15) is 4.79 Å². The fourth-order valence-corrected chi connectivity index (χ4v) is 3.57. The minimum absolute atomic E-state index is 0.00735. The molecule has 3 rings (SSSR count). The molecular weight excluding hydrogens is 348 g/mol. The molecule has 148 valence electrons. The number of fused-ring (bicyclic) bond motifs is 1. The Balaban J connectivity index is 2.19. The number of aryl methyl sites for hydroxylation is 2. The van der Waals surface area contributed by atoms with Crippen molar-refractivity contribution in [3.05, 3.63) is 52.8 Å². The van der Waals surface area contributed by atoms with Crippen molar-refractivity contribution >= 4 is 22.6 Å². The minimum atomic E-state index is -0.00735. The zero-order valence-electron chi connectivity index (χ0n) is 17.9. The number of benzene rings is 1. The number of carbonyl (C=O) groups is 1. The van der Waals surface area contributed by atoms with Gasteiger partial charge in [0.05, 0.1) is 17.1 Å². The van der Waals surface area contributed by atoms with E-state index >= 15 is 0 Å². The van der Waals surface area contributed by atoms with E-state index < -0.39 is 0 Å². The molecule has 0 unspecified atom stereocenters. The summed E-state index contributed by atoms with van der Waals surface area (Å²) in [7, 11) is 0. The van der Waals surface area contributed by atoms with E-state index in [0.717, 1.165) is 28.0 Å². The second kappa shape index (κ2) is 7.74. The van der Waals surface area contributed by atoms with Crippen LogP contribution in [0.1, 0.15) is 73.8 Å². The van der Waals surface area contributed by atoms with Crippen molar-refractivity contribution in [1.82, 2.24) is 14.8 Å². The fourth-order valence-electron chi connectivity index (χ4n) is 3.57. The summed E-state index contributed by atoms with van der Waals surface area (Å²) in [5.41, 5.74) is 5.60. The van der Waals surface area contributed by atoms with E-state index in [-0.39, 0.29) is 17.9 Å². The number of hydrogen-bond donors (Lipinski definition) is 0. The molecule has 5 heteroatoms. The molecule has 0 bridgehead atoms. The largest absolute Gasteiger partial charge is 0.308 e. The first kappa shape index (κ1) is 20.1. The summed E-state index contributed by atoms with van der Waals surface area (Å²) in [6.45, 7) is 15.1. The summed E-state index contributed by atoms with van der Waals surface area (Å²) >= 11 is 0. The molecule has 0 aliphatic heterocycles. The van der Waals surface area contributed by atoms with Gasteiger partial charge in [0.25, 0.3) is 5.91 Å². The molecule has 0 spiro atoms. The lowest BCUT2D eigenvalue weighted by molar-refractivity contribution is 0.0989. The summed E-state index contributed by atoms with van der Waals surface area (Å²) in [5, 5.41) is 5.32. The lowest BCUT2D eigenvalue weighted by atomic mass is 10.0. The zero-order valence-corrected chi connectivity index (χ0v) is 17.9. The topological polar surface area (TPSA) is 51.0 Å². The van der Waals surface area contributed by atoms with Crippen LogP contribution >= 0.6 is 0 Å². The van der Waals surface area contributed by atoms with Crippen molar-refractivity contribution in [2.24, 2.45) is 0 Å². The number of carbonyl (C=O) groups excluding carboxylic acids is 1. The van der Waals surface area contributed by atoms with Gasteiger partial charge < -0.3 is 4.90 Å². The van der Waals surface area contributed by atoms with E-state index in [1.807, 2.05) is 28.6 Å². The minimum Gasteiger partial charge on any atom is -0.308 e. The number of anilines is 1. The molecule has 0 saturated heterocycles. The van der Waals surface area contributed by atoms with Crippen LogP contribution in [-0.4, -0.2) is 27.2 Å². The van der Waals surface area contributed by atoms with Crippen LogP contribution in [0.4, 0.5) is 5.69 Å². The maximum Gasteiger partial charge on any atom is 0.259 e. The van der Waals surface area contributed by atoms with E-state index in [1.54, 1.807) is 6.20 Å². The SMILES string of the molecule is CCN(C(=O)c1cc(C(C)C)nc2c1cnn2C(C)C)c1ccc(C)cc1C. The highest BCUT2D eigenvalue weighted by atomic mass is 16.2. The summed E-state index contributed by atoms with van der Waals surface area (Å²) in [6.07, 6.45) is 1.77. The Bertz CT molecular complexity index is 1020. The van der Waals surface area contributed by atoms with Crippen molar-refractivity contribution in [2.75, 3.05) is 11.4 Å². The van der Waals surface area contributed by atoms with Gasteiger partial charge in [-0.1, -0.05) is 31.5 Å². The molecule has 5 nitrogen and oxygen atoms in total. The van der Waals surface area contributed by atoms with E-state index in [4.69, 9.17) is 4.98 Å². The maximum absolute atomic E-state index is 13.6. The summed E-state index contributed by atoms with van der Waals surface area (Å²) < 4.78 is 1.89. The van der Waals surface area contributed by atoms with Gasteiger partial charge in [0.1, 0.15) is 0 Å². The Hall–Kier alpha value is -2.69. The third kappa shape index (κ3) is 3.53. The molecule has 0 aliphatic rings. The van der Waals surface area contributed by atoms with Crippen molar-refractivity contribution in [2.45, 2.75) is 60.4 Å². The first-order chi connectivity index (χ1) is 13.2. The molecule has 2 heterocycles. The van der Waals surface area contributed by atoms with Crippen LogP contribution in [0.5, 0.6) is 0 Å². The second-order valence-corrected chi connectivity index (χ2v) is 8.01. The number of rotatable bonds is 5. The fraction of sp³-hybridized carbons (Fsp3) is 0.435. The normalized spacial score (nSPS) is 11.6. The molecule has 0 saturated carbocycles. The number of hydrogen-bond acceptors (Lipinski definition) is 3. The Morgan fingerprint density at radius 2 is 1.86 bits per heavy atom. The van der Waals surface area contributed by atoms with E-state index in [0.29, 0.717) is 12.1 Å². The van der Waals surface area contributed by atoms with Crippen molar-refractivity contribution < 1.29 is 4.79 Å².